The lowest BCUT2D eigenvalue weighted by Crippen LogP contribution is -2.12. The molecule has 5 heteroatoms. The Morgan fingerprint density at radius 1 is 2.00 bits per heavy atom. The van der Waals surface area contributed by atoms with Crippen LogP contribution in [0, 0.1) is 10.1 Å². The molecule has 0 aromatic carbocycles. The lowest BCUT2D eigenvalue weighted by Gasteiger charge is -1.90. The number of nitrogens with zero attached hydrogens (tertiary/aromatic N) is 1. The summed E-state index contributed by atoms with van der Waals surface area (Å²) >= 11 is 0. The first-order valence-electron chi connectivity index (χ1n) is 1.95. The van der Waals surface area contributed by atoms with Gasteiger partial charge in [0.1, 0.15) is 0 Å². The first kappa shape index (κ1) is 6.74. The van der Waals surface area contributed by atoms with Crippen molar-refractivity contribution >= 4 is 0 Å². The van der Waals surface area contributed by atoms with E-state index in [1.807, 2.05) is 0 Å². The van der Waals surface area contributed by atoms with E-state index >= 15 is 0 Å². The first-order chi connectivity index (χ1) is 3.68. The maximum atomic E-state index is 9.66. The Bertz CT molecular complexity index is 120. The Labute approximate surface area is 46.3 Å². The third-order valence-corrected chi connectivity index (χ3v) is 0.503. The minimum absolute atomic E-state index is 0.382. The molecule has 5 nitrogen and oxygen atoms in total. The van der Waals surface area contributed by atoms with E-state index in [1.54, 1.807) is 0 Å². The van der Waals surface area contributed by atoms with Crippen molar-refractivity contribution in [3.63, 3.8) is 0 Å². The largest absolute Gasteiger partial charge is 0.387 e. The number of nitrogens with one attached hydrogen (secondary N) is 1. The van der Waals surface area contributed by atoms with Crippen LogP contribution in [0.2, 0.25) is 0 Å². The van der Waals surface area contributed by atoms with Gasteiger partial charge in [0, 0.05) is 7.05 Å². The van der Waals surface area contributed by atoms with Gasteiger partial charge in [-0.25, -0.2) is 0 Å². The van der Waals surface area contributed by atoms with E-state index in [1.165, 1.54) is 7.05 Å². The van der Waals surface area contributed by atoms with E-state index in [-0.39, 0.29) is 5.82 Å². The molecule has 0 bridgehead atoms. The average Bonchev–Trinajstić information content (AvgIpc) is 1.67. The van der Waals surface area contributed by atoms with Crippen LogP contribution < -0.4 is 11.1 Å². The van der Waals surface area contributed by atoms with Gasteiger partial charge in [-0.2, -0.15) is 0 Å². The molecule has 0 saturated carbocycles. The standard InChI is InChI=1S/C3H7N3O2/c1-5-2-3(4)6(7)8/h2,5H,4H2,1H3. The van der Waals surface area contributed by atoms with Crippen molar-refractivity contribution in [2.45, 2.75) is 0 Å². The summed E-state index contributed by atoms with van der Waals surface area (Å²) in [5.74, 6) is -0.382. The molecule has 0 aliphatic carbocycles. The zero-order valence-electron chi connectivity index (χ0n) is 4.42. The highest BCUT2D eigenvalue weighted by atomic mass is 16.6. The number of nitrogens with two attached hydrogens (primary N) is 1. The maximum Gasteiger partial charge on any atom is 0.329 e. The van der Waals surface area contributed by atoms with E-state index in [9.17, 15) is 10.1 Å². The molecule has 0 aromatic heterocycles. The molecule has 0 fully saturated rings. The van der Waals surface area contributed by atoms with Gasteiger partial charge < -0.3 is 15.4 Å². The van der Waals surface area contributed by atoms with E-state index in [0.29, 0.717) is 0 Å². The lowest BCUT2D eigenvalue weighted by atomic mass is 10.8. The van der Waals surface area contributed by atoms with Crippen LogP contribution >= 0.6 is 0 Å². The average molecular weight is 117 g/mol. The Kier molecular flexibility index (Phi) is 2.39. The third kappa shape index (κ3) is 2.01. The molecule has 0 rings (SSSR count). The Hall–Kier alpha value is -1.26. The van der Waals surface area contributed by atoms with Crippen LogP contribution in [0.1, 0.15) is 0 Å². The van der Waals surface area contributed by atoms with Crippen LogP contribution in [0.15, 0.2) is 12.0 Å². The van der Waals surface area contributed by atoms with Crippen LogP contribution in [-0.4, -0.2) is 12.0 Å². The molecule has 46 valence electrons. The summed E-state index contributed by atoms with van der Waals surface area (Å²) in [6.45, 7) is 0. The summed E-state index contributed by atoms with van der Waals surface area (Å²) in [7, 11) is 1.54. The molecule has 0 radical (unpaired) electrons. The monoisotopic (exact) mass is 117 g/mol. The van der Waals surface area contributed by atoms with E-state index < -0.39 is 4.92 Å². The van der Waals surface area contributed by atoms with Crippen molar-refractivity contribution in [1.82, 2.24) is 5.32 Å². The van der Waals surface area contributed by atoms with Gasteiger partial charge >= 0.3 is 5.82 Å². The summed E-state index contributed by atoms with van der Waals surface area (Å²) in [5.41, 5.74) is 4.83. The zero-order chi connectivity index (χ0) is 6.57. The molecule has 0 aromatic rings. The first-order valence-corrected chi connectivity index (χ1v) is 1.95. The fraction of sp³-hybridized carbons (Fsp3) is 0.333. The molecule has 0 heterocycles. The Morgan fingerprint density at radius 2 is 2.50 bits per heavy atom. The van der Waals surface area contributed by atoms with Gasteiger partial charge in [-0.05, 0) is 4.92 Å². The molecule has 0 aliphatic rings. The van der Waals surface area contributed by atoms with Gasteiger partial charge in [0.15, 0.2) is 0 Å². The van der Waals surface area contributed by atoms with Crippen LogP contribution in [-0.2, 0) is 0 Å². The van der Waals surface area contributed by atoms with Gasteiger partial charge in [0.05, 0.1) is 6.20 Å². The SMILES string of the molecule is CNC=C(N)[N+](=O)[O-]. The molecule has 0 saturated heterocycles. The summed E-state index contributed by atoms with van der Waals surface area (Å²) in [6.07, 6.45) is 1.11. The van der Waals surface area contributed by atoms with E-state index in [4.69, 9.17) is 5.73 Å². The number of hydrogen-bond acceptors (Lipinski definition) is 4. The molecular formula is C3H7N3O2. The normalized spacial score (nSPS) is 10.9. The highest BCUT2D eigenvalue weighted by molar-refractivity contribution is 4.80. The Balaban J connectivity index is 3.80. The van der Waals surface area contributed by atoms with Gasteiger partial charge in [-0.3, -0.25) is 5.73 Å². The van der Waals surface area contributed by atoms with Crippen molar-refractivity contribution in [2.75, 3.05) is 7.05 Å². The van der Waals surface area contributed by atoms with Crippen molar-refractivity contribution in [3.05, 3.63) is 22.1 Å². The zero-order valence-corrected chi connectivity index (χ0v) is 4.42. The molecule has 8 heavy (non-hydrogen) atoms. The molecule has 0 spiro atoms. The lowest BCUT2D eigenvalue weighted by molar-refractivity contribution is -0.426. The number of hydrogen-bond donors (Lipinski definition) is 2. The van der Waals surface area contributed by atoms with Crippen molar-refractivity contribution in [1.29, 1.82) is 0 Å². The smallest absolute Gasteiger partial charge is 0.329 e. The van der Waals surface area contributed by atoms with Gasteiger partial charge in [0.25, 0.3) is 0 Å². The Morgan fingerprint density at radius 3 is 2.62 bits per heavy atom. The topological polar surface area (TPSA) is 81.2 Å². The van der Waals surface area contributed by atoms with Crippen LogP contribution in [0.4, 0.5) is 0 Å². The predicted molar refractivity (Wildman–Crippen MR) is 28.3 cm³/mol. The second kappa shape index (κ2) is 2.84. The molecular weight excluding hydrogens is 110 g/mol. The second-order valence-corrected chi connectivity index (χ2v) is 1.11. The molecule has 0 amide bonds. The molecule has 0 atom stereocenters. The molecule has 3 N–H and O–H groups in total. The van der Waals surface area contributed by atoms with E-state index in [2.05, 4.69) is 5.32 Å². The van der Waals surface area contributed by atoms with Gasteiger partial charge in [-0.1, -0.05) is 0 Å². The van der Waals surface area contributed by atoms with Crippen molar-refractivity contribution < 1.29 is 4.92 Å². The quantitative estimate of drug-likeness (QED) is 0.368. The summed E-state index contributed by atoms with van der Waals surface area (Å²) in [5, 5.41) is 12.1. The van der Waals surface area contributed by atoms with Gasteiger partial charge in [-0.15, -0.1) is 0 Å². The molecule has 0 unspecified atom stereocenters. The molecule has 0 aliphatic heterocycles. The fourth-order valence-corrected chi connectivity index (χ4v) is 0.201. The summed E-state index contributed by atoms with van der Waals surface area (Å²) < 4.78 is 0. The van der Waals surface area contributed by atoms with Gasteiger partial charge in [0.2, 0.25) is 0 Å². The minimum atomic E-state index is -0.670. The highest BCUT2D eigenvalue weighted by Gasteiger charge is 1.94. The maximum absolute atomic E-state index is 9.66. The second-order valence-electron chi connectivity index (χ2n) is 1.11. The van der Waals surface area contributed by atoms with Crippen LogP contribution in [0.5, 0.6) is 0 Å². The van der Waals surface area contributed by atoms with E-state index in [0.717, 1.165) is 6.20 Å². The summed E-state index contributed by atoms with van der Waals surface area (Å²) in [6, 6.07) is 0. The fourth-order valence-electron chi connectivity index (χ4n) is 0.201. The van der Waals surface area contributed by atoms with Crippen LogP contribution in [0.3, 0.4) is 0 Å². The third-order valence-electron chi connectivity index (χ3n) is 0.503. The van der Waals surface area contributed by atoms with Crippen molar-refractivity contribution in [2.24, 2.45) is 5.73 Å². The highest BCUT2D eigenvalue weighted by Crippen LogP contribution is 1.77. The number of nitro groups is 1. The van der Waals surface area contributed by atoms with Crippen molar-refractivity contribution in [3.8, 4) is 0 Å². The predicted octanol–water partition coefficient (Wildman–Crippen LogP) is -0.760. The van der Waals surface area contributed by atoms with Crippen LogP contribution in [0.25, 0.3) is 0 Å². The number of rotatable bonds is 2. The summed E-state index contributed by atoms with van der Waals surface area (Å²) in [4.78, 5) is 8.99. The minimum Gasteiger partial charge on any atom is -0.387 e.